The molecule has 114 valence electrons. The van der Waals surface area contributed by atoms with Crippen LogP contribution in [0, 0.1) is 0 Å². The van der Waals surface area contributed by atoms with Crippen molar-refractivity contribution in [2.24, 2.45) is 0 Å². The second-order valence-corrected chi connectivity index (χ2v) is 6.04. The minimum Gasteiger partial charge on any atom is -0.472 e. The van der Waals surface area contributed by atoms with Crippen LogP contribution in [0.15, 0.2) is 47.5 Å². The summed E-state index contributed by atoms with van der Waals surface area (Å²) in [5.41, 5.74) is 2.12. The number of nitrogens with zero attached hydrogens (tertiary/aromatic N) is 3. The summed E-state index contributed by atoms with van der Waals surface area (Å²) in [7, 11) is 0. The van der Waals surface area contributed by atoms with Crippen LogP contribution >= 0.6 is 0 Å². The Morgan fingerprint density at radius 2 is 2.23 bits per heavy atom. The van der Waals surface area contributed by atoms with Gasteiger partial charge >= 0.3 is 0 Å². The lowest BCUT2D eigenvalue weighted by Crippen LogP contribution is -2.52. The third-order valence-electron chi connectivity index (χ3n) is 4.77. The number of carbonyl (C=O) groups excluding carboxylic acids is 1. The Bertz CT molecular complexity index is 641. The molecule has 2 aliphatic heterocycles. The summed E-state index contributed by atoms with van der Waals surface area (Å²) in [5, 5.41) is 0. The number of piperidine rings is 1. The van der Waals surface area contributed by atoms with Gasteiger partial charge in [-0.1, -0.05) is 0 Å². The number of hydrogen-bond donors (Lipinski definition) is 0. The molecule has 2 fully saturated rings. The normalized spacial score (nSPS) is 25.5. The van der Waals surface area contributed by atoms with E-state index in [0.29, 0.717) is 12.5 Å². The summed E-state index contributed by atoms with van der Waals surface area (Å²) in [6.45, 7) is 1.91. The van der Waals surface area contributed by atoms with E-state index in [4.69, 9.17) is 4.42 Å². The molecule has 1 amide bonds. The molecular weight excluding hydrogens is 278 g/mol. The minimum absolute atomic E-state index is 0.222. The van der Waals surface area contributed by atoms with Crippen LogP contribution in [0.2, 0.25) is 0 Å². The predicted octanol–water partition coefficient (Wildman–Crippen LogP) is 2.44. The molecule has 5 nitrogen and oxygen atoms in total. The number of amides is 1. The fourth-order valence-electron chi connectivity index (χ4n) is 3.80. The summed E-state index contributed by atoms with van der Waals surface area (Å²) in [6.07, 6.45) is 9.63. The molecule has 4 heterocycles. The first kappa shape index (κ1) is 13.5. The topological polar surface area (TPSA) is 49.6 Å². The highest BCUT2D eigenvalue weighted by atomic mass is 16.3. The Morgan fingerprint density at radius 1 is 1.27 bits per heavy atom. The van der Waals surface area contributed by atoms with Crippen molar-refractivity contribution in [3.05, 3.63) is 48.7 Å². The van der Waals surface area contributed by atoms with Crippen molar-refractivity contribution in [3.8, 4) is 0 Å². The van der Waals surface area contributed by atoms with Crippen molar-refractivity contribution in [3.63, 3.8) is 0 Å². The minimum atomic E-state index is 0.222. The first-order chi connectivity index (χ1) is 10.8. The van der Waals surface area contributed by atoms with E-state index < -0.39 is 0 Å². The zero-order chi connectivity index (χ0) is 14.9. The first-order valence-electron chi connectivity index (χ1n) is 7.80. The molecule has 0 N–H and O–H groups in total. The lowest BCUT2D eigenvalue weighted by Gasteiger charge is -2.39. The predicted molar refractivity (Wildman–Crippen MR) is 82.3 cm³/mol. The molecule has 2 atom stereocenters. The molecule has 2 aromatic heterocycles. The SMILES string of the molecule is O=C1CC[C@@H]2[C@@H](CCN2Cc2ccoc2)N1c1cccnc1. The molecule has 0 saturated carbocycles. The van der Waals surface area contributed by atoms with E-state index in [1.807, 2.05) is 23.1 Å². The van der Waals surface area contributed by atoms with Gasteiger partial charge in [-0.25, -0.2) is 0 Å². The second kappa shape index (κ2) is 5.57. The Labute approximate surface area is 129 Å². The monoisotopic (exact) mass is 297 g/mol. The van der Waals surface area contributed by atoms with Crippen LogP contribution in [0.25, 0.3) is 0 Å². The number of fused-ring (bicyclic) bond motifs is 1. The van der Waals surface area contributed by atoms with Gasteiger partial charge in [-0.2, -0.15) is 0 Å². The summed E-state index contributed by atoms with van der Waals surface area (Å²) >= 11 is 0. The largest absolute Gasteiger partial charge is 0.472 e. The van der Waals surface area contributed by atoms with Crippen LogP contribution in [-0.2, 0) is 11.3 Å². The van der Waals surface area contributed by atoms with Gasteiger partial charge in [0.1, 0.15) is 0 Å². The van der Waals surface area contributed by atoms with Gasteiger partial charge in [-0.3, -0.25) is 14.7 Å². The molecular formula is C17H19N3O2. The molecule has 2 aliphatic rings. The van der Waals surface area contributed by atoms with E-state index in [2.05, 4.69) is 9.88 Å². The number of likely N-dealkylation sites (tertiary alicyclic amines) is 1. The van der Waals surface area contributed by atoms with Crippen molar-refractivity contribution in [2.75, 3.05) is 11.4 Å². The molecule has 0 spiro atoms. The number of rotatable bonds is 3. The Kier molecular flexibility index (Phi) is 3.42. The molecule has 0 unspecified atom stereocenters. The zero-order valence-electron chi connectivity index (χ0n) is 12.4. The molecule has 2 saturated heterocycles. The Hall–Kier alpha value is -2.14. The summed E-state index contributed by atoms with van der Waals surface area (Å²) < 4.78 is 5.17. The van der Waals surface area contributed by atoms with E-state index >= 15 is 0 Å². The van der Waals surface area contributed by atoms with Crippen molar-refractivity contribution in [1.29, 1.82) is 0 Å². The lowest BCUT2D eigenvalue weighted by molar-refractivity contribution is -0.120. The summed E-state index contributed by atoms with van der Waals surface area (Å²) in [4.78, 5) is 21.0. The maximum atomic E-state index is 12.4. The average molecular weight is 297 g/mol. The zero-order valence-corrected chi connectivity index (χ0v) is 12.4. The van der Waals surface area contributed by atoms with Crippen LogP contribution < -0.4 is 4.90 Å². The maximum Gasteiger partial charge on any atom is 0.227 e. The third kappa shape index (κ3) is 2.31. The standard InChI is InChI=1S/C17H19N3O2/c21-17-4-3-15-16(20(17)14-2-1-7-18-10-14)5-8-19(15)11-13-6-9-22-12-13/h1-2,6-7,9-10,12,15-16H,3-5,8,11H2/t15-,16-/m1/s1. The van der Waals surface area contributed by atoms with Gasteiger partial charge in [0.05, 0.1) is 30.5 Å². The molecule has 0 radical (unpaired) electrons. The van der Waals surface area contributed by atoms with Crippen LogP contribution in [0.1, 0.15) is 24.8 Å². The molecule has 0 aliphatic carbocycles. The van der Waals surface area contributed by atoms with Crippen LogP contribution in [0.5, 0.6) is 0 Å². The van der Waals surface area contributed by atoms with Gasteiger partial charge in [0.2, 0.25) is 5.91 Å². The molecule has 2 aromatic rings. The molecule has 0 bridgehead atoms. The maximum absolute atomic E-state index is 12.4. The van der Waals surface area contributed by atoms with Gasteiger partial charge in [0.15, 0.2) is 0 Å². The fourth-order valence-corrected chi connectivity index (χ4v) is 3.80. The lowest BCUT2D eigenvalue weighted by atomic mass is 9.95. The van der Waals surface area contributed by atoms with E-state index in [0.717, 1.165) is 31.6 Å². The summed E-state index contributed by atoms with van der Waals surface area (Å²) in [5.74, 6) is 0.222. The van der Waals surface area contributed by atoms with Crippen molar-refractivity contribution in [2.45, 2.75) is 37.9 Å². The van der Waals surface area contributed by atoms with Crippen molar-refractivity contribution < 1.29 is 9.21 Å². The number of pyridine rings is 1. The fraction of sp³-hybridized carbons (Fsp3) is 0.412. The van der Waals surface area contributed by atoms with E-state index in [9.17, 15) is 4.79 Å². The number of hydrogen-bond acceptors (Lipinski definition) is 4. The highest BCUT2D eigenvalue weighted by Gasteiger charge is 2.43. The highest BCUT2D eigenvalue weighted by molar-refractivity contribution is 5.95. The van der Waals surface area contributed by atoms with Crippen LogP contribution in [0.3, 0.4) is 0 Å². The highest BCUT2D eigenvalue weighted by Crippen LogP contribution is 2.35. The quantitative estimate of drug-likeness (QED) is 0.873. The smallest absolute Gasteiger partial charge is 0.227 e. The number of furan rings is 1. The van der Waals surface area contributed by atoms with Crippen molar-refractivity contribution in [1.82, 2.24) is 9.88 Å². The number of carbonyl (C=O) groups is 1. The van der Waals surface area contributed by atoms with E-state index in [1.165, 1.54) is 5.56 Å². The number of anilines is 1. The second-order valence-electron chi connectivity index (χ2n) is 6.04. The number of aromatic nitrogens is 1. The Balaban J connectivity index is 1.57. The molecule has 0 aromatic carbocycles. The molecule has 5 heteroatoms. The summed E-state index contributed by atoms with van der Waals surface area (Å²) in [6, 6.07) is 6.57. The van der Waals surface area contributed by atoms with Gasteiger partial charge in [0.25, 0.3) is 0 Å². The van der Waals surface area contributed by atoms with E-state index in [-0.39, 0.29) is 11.9 Å². The van der Waals surface area contributed by atoms with E-state index in [1.54, 1.807) is 24.9 Å². The molecule has 22 heavy (non-hydrogen) atoms. The van der Waals surface area contributed by atoms with Gasteiger partial charge in [0, 0.05) is 37.3 Å². The van der Waals surface area contributed by atoms with Gasteiger partial charge in [-0.05, 0) is 31.0 Å². The average Bonchev–Trinajstić information content (AvgIpc) is 3.19. The van der Waals surface area contributed by atoms with Crippen LogP contribution in [-0.4, -0.2) is 34.4 Å². The molecule has 4 rings (SSSR count). The van der Waals surface area contributed by atoms with Crippen LogP contribution in [0.4, 0.5) is 5.69 Å². The van der Waals surface area contributed by atoms with Crippen molar-refractivity contribution >= 4 is 11.6 Å². The first-order valence-corrected chi connectivity index (χ1v) is 7.80. The Morgan fingerprint density at radius 3 is 3.00 bits per heavy atom. The van der Waals surface area contributed by atoms with Gasteiger partial charge in [-0.15, -0.1) is 0 Å². The van der Waals surface area contributed by atoms with Gasteiger partial charge < -0.3 is 9.32 Å². The third-order valence-corrected chi connectivity index (χ3v) is 4.77.